The van der Waals surface area contributed by atoms with Crippen molar-refractivity contribution in [2.24, 2.45) is 13.0 Å². The summed E-state index contributed by atoms with van der Waals surface area (Å²) in [5.74, 6) is 1.51. The Morgan fingerprint density at radius 3 is 2.83 bits per heavy atom. The fourth-order valence-electron chi connectivity index (χ4n) is 3.21. The highest BCUT2D eigenvalue weighted by Gasteiger charge is 2.29. The summed E-state index contributed by atoms with van der Waals surface area (Å²) in [4.78, 5) is 14.9. The highest BCUT2D eigenvalue weighted by Crippen LogP contribution is 2.34. The molecule has 0 radical (unpaired) electrons. The summed E-state index contributed by atoms with van der Waals surface area (Å²) in [5, 5.41) is 4.24. The van der Waals surface area contributed by atoms with Crippen LogP contribution < -0.4 is 9.64 Å². The van der Waals surface area contributed by atoms with Crippen LogP contribution >= 0.6 is 0 Å². The number of ether oxygens (including phenoxy) is 1. The summed E-state index contributed by atoms with van der Waals surface area (Å²) in [6.07, 6.45) is 7.85. The predicted octanol–water partition coefficient (Wildman–Crippen LogP) is 3.71. The van der Waals surface area contributed by atoms with E-state index in [4.69, 9.17) is 4.74 Å². The number of aryl methyl sites for hydroxylation is 1. The van der Waals surface area contributed by atoms with Crippen molar-refractivity contribution in [2.45, 2.75) is 38.6 Å². The zero-order chi connectivity index (χ0) is 17.1. The van der Waals surface area contributed by atoms with Gasteiger partial charge in [0, 0.05) is 19.7 Å². The van der Waals surface area contributed by atoms with E-state index in [0.717, 1.165) is 17.0 Å². The van der Waals surface area contributed by atoms with Crippen molar-refractivity contribution in [1.29, 1.82) is 0 Å². The molecule has 1 atom stereocenters. The molecule has 0 spiro atoms. The molecule has 1 aliphatic carbocycles. The van der Waals surface area contributed by atoms with Crippen molar-refractivity contribution in [2.75, 3.05) is 12.0 Å². The Hall–Kier alpha value is -2.30. The molecule has 0 saturated heterocycles. The average molecular weight is 327 g/mol. The number of aromatic nitrogens is 2. The fraction of sp³-hybridized carbons (Fsp3) is 0.474. The lowest BCUT2D eigenvalue weighted by Gasteiger charge is -2.32. The summed E-state index contributed by atoms with van der Waals surface area (Å²) in [5.41, 5.74) is 1.90. The van der Waals surface area contributed by atoms with E-state index in [1.807, 2.05) is 42.4 Å². The van der Waals surface area contributed by atoms with E-state index >= 15 is 0 Å². The molecule has 5 nitrogen and oxygen atoms in total. The number of amides is 1. The maximum Gasteiger partial charge on any atom is 0.227 e. The van der Waals surface area contributed by atoms with Crippen molar-refractivity contribution in [3.05, 3.63) is 42.2 Å². The van der Waals surface area contributed by atoms with Crippen LogP contribution in [0, 0.1) is 5.92 Å². The van der Waals surface area contributed by atoms with Crippen LogP contribution in [-0.4, -0.2) is 22.8 Å². The topological polar surface area (TPSA) is 47.4 Å². The molecule has 0 aliphatic heterocycles. The summed E-state index contributed by atoms with van der Waals surface area (Å²) >= 11 is 0. The summed E-state index contributed by atoms with van der Waals surface area (Å²) in [6.45, 7) is 2.06. The smallest absolute Gasteiger partial charge is 0.227 e. The van der Waals surface area contributed by atoms with Crippen molar-refractivity contribution in [1.82, 2.24) is 9.78 Å². The molecule has 1 aliphatic rings. The van der Waals surface area contributed by atoms with E-state index < -0.39 is 0 Å². The Labute approximate surface area is 143 Å². The molecule has 0 bridgehead atoms. The average Bonchev–Trinajstić information content (AvgIpc) is 2.97. The van der Waals surface area contributed by atoms with Gasteiger partial charge < -0.3 is 9.64 Å². The van der Waals surface area contributed by atoms with Crippen molar-refractivity contribution in [3.63, 3.8) is 0 Å². The number of anilines is 1. The Morgan fingerprint density at radius 1 is 1.46 bits per heavy atom. The van der Waals surface area contributed by atoms with Gasteiger partial charge >= 0.3 is 0 Å². The molecule has 24 heavy (non-hydrogen) atoms. The monoisotopic (exact) mass is 327 g/mol. The summed E-state index contributed by atoms with van der Waals surface area (Å²) < 4.78 is 7.06. The van der Waals surface area contributed by atoms with Gasteiger partial charge in [0.15, 0.2) is 0 Å². The van der Waals surface area contributed by atoms with Gasteiger partial charge in [-0.1, -0.05) is 18.6 Å². The number of carbonyl (C=O) groups is 1. The third kappa shape index (κ3) is 3.45. The first kappa shape index (κ1) is 16.6. The van der Waals surface area contributed by atoms with Crippen LogP contribution in [-0.2, 0) is 11.8 Å². The molecule has 1 fully saturated rings. The van der Waals surface area contributed by atoms with Crippen molar-refractivity contribution >= 4 is 11.6 Å². The van der Waals surface area contributed by atoms with E-state index in [1.165, 1.54) is 19.3 Å². The fourth-order valence-corrected chi connectivity index (χ4v) is 3.21. The van der Waals surface area contributed by atoms with Gasteiger partial charge in [-0.15, -0.1) is 0 Å². The molecule has 1 heterocycles. The molecule has 3 rings (SSSR count). The second-order valence-corrected chi connectivity index (χ2v) is 6.59. The second kappa shape index (κ2) is 7.07. The number of hydrogen-bond donors (Lipinski definition) is 0. The lowest BCUT2D eigenvalue weighted by atomic mass is 9.82. The van der Waals surface area contributed by atoms with Gasteiger partial charge in [0.25, 0.3) is 0 Å². The zero-order valence-corrected chi connectivity index (χ0v) is 14.6. The lowest BCUT2D eigenvalue weighted by Crippen LogP contribution is -2.35. The number of hydrogen-bond acceptors (Lipinski definition) is 3. The Bertz CT molecular complexity index is 706. The molecular weight excluding hydrogens is 302 g/mol. The molecule has 0 N–H and O–H groups in total. The Balaban J connectivity index is 1.88. The number of rotatable bonds is 6. The highest BCUT2D eigenvalue weighted by atomic mass is 16.5. The van der Waals surface area contributed by atoms with Gasteiger partial charge in [0.05, 0.1) is 25.0 Å². The van der Waals surface area contributed by atoms with E-state index in [2.05, 4.69) is 12.0 Å². The van der Waals surface area contributed by atoms with Crippen LogP contribution in [0.25, 0.3) is 0 Å². The van der Waals surface area contributed by atoms with Crippen LogP contribution in [0.1, 0.15) is 44.2 Å². The maximum absolute atomic E-state index is 13.0. The predicted molar refractivity (Wildman–Crippen MR) is 94.1 cm³/mol. The van der Waals surface area contributed by atoms with E-state index in [-0.39, 0.29) is 11.9 Å². The van der Waals surface area contributed by atoms with Crippen LogP contribution in [0.2, 0.25) is 0 Å². The normalized spacial score (nSPS) is 15.6. The van der Waals surface area contributed by atoms with Crippen LogP contribution in [0.4, 0.5) is 5.69 Å². The Morgan fingerprint density at radius 2 is 2.25 bits per heavy atom. The van der Waals surface area contributed by atoms with Crippen LogP contribution in [0.15, 0.2) is 36.7 Å². The van der Waals surface area contributed by atoms with Crippen molar-refractivity contribution in [3.8, 4) is 5.75 Å². The Kier molecular flexibility index (Phi) is 4.88. The molecule has 1 saturated carbocycles. The van der Waals surface area contributed by atoms with E-state index in [0.29, 0.717) is 12.3 Å². The van der Waals surface area contributed by atoms with Gasteiger partial charge in [-0.2, -0.15) is 5.10 Å². The van der Waals surface area contributed by atoms with Gasteiger partial charge in [-0.05, 0) is 43.4 Å². The summed E-state index contributed by atoms with van der Waals surface area (Å²) in [7, 11) is 3.53. The first-order chi connectivity index (χ1) is 11.6. The van der Waals surface area contributed by atoms with Crippen molar-refractivity contribution < 1.29 is 9.53 Å². The minimum Gasteiger partial charge on any atom is -0.497 e. The third-order valence-corrected chi connectivity index (χ3v) is 4.89. The van der Waals surface area contributed by atoms with Crippen LogP contribution in [0.5, 0.6) is 5.75 Å². The first-order valence-electron chi connectivity index (χ1n) is 8.53. The van der Waals surface area contributed by atoms with Gasteiger partial charge in [0.2, 0.25) is 5.91 Å². The highest BCUT2D eigenvalue weighted by molar-refractivity contribution is 5.94. The number of benzene rings is 1. The summed E-state index contributed by atoms with van der Waals surface area (Å²) in [6, 6.07) is 7.83. The second-order valence-electron chi connectivity index (χ2n) is 6.59. The number of nitrogens with zero attached hydrogens (tertiary/aromatic N) is 3. The zero-order valence-electron chi connectivity index (χ0n) is 14.6. The minimum atomic E-state index is -0.0723. The molecular formula is C19H25N3O2. The first-order valence-corrected chi connectivity index (χ1v) is 8.53. The number of carbonyl (C=O) groups excluding carboxylic acids is 1. The van der Waals surface area contributed by atoms with Gasteiger partial charge in [-0.3, -0.25) is 9.48 Å². The molecule has 2 aromatic rings. The lowest BCUT2D eigenvalue weighted by molar-refractivity contribution is -0.120. The minimum absolute atomic E-state index is 0.0723. The number of methoxy groups -OCH3 is 1. The molecule has 1 unspecified atom stereocenters. The molecule has 1 aromatic carbocycles. The molecule has 128 valence electrons. The third-order valence-electron chi connectivity index (χ3n) is 4.89. The van der Waals surface area contributed by atoms with Gasteiger partial charge in [-0.25, -0.2) is 0 Å². The molecule has 1 amide bonds. The van der Waals surface area contributed by atoms with E-state index in [9.17, 15) is 4.79 Å². The molecule has 1 aromatic heterocycles. The van der Waals surface area contributed by atoms with E-state index in [1.54, 1.807) is 18.0 Å². The standard InChI is InChI=1S/C19H25N3O2/c1-14(16-8-5-9-18(11-16)24-3)22(17-12-20-21(2)13-17)19(23)10-15-6-4-7-15/h5,8-9,11-15H,4,6-7,10H2,1-3H3. The molecule has 5 heteroatoms. The van der Waals surface area contributed by atoms with Gasteiger partial charge in [0.1, 0.15) is 5.75 Å². The SMILES string of the molecule is COc1cccc(C(C)N(C(=O)CC2CCC2)c2cnn(C)c2)c1. The largest absolute Gasteiger partial charge is 0.497 e. The maximum atomic E-state index is 13.0. The van der Waals surface area contributed by atoms with Crippen LogP contribution in [0.3, 0.4) is 0 Å². The quantitative estimate of drug-likeness (QED) is 0.812.